The molecule has 346 valence electrons. The highest BCUT2D eigenvalue weighted by Crippen LogP contribution is 2.22. The van der Waals surface area contributed by atoms with Crippen LogP contribution in [0.5, 0.6) is 0 Å². The molecule has 0 saturated carbocycles. The van der Waals surface area contributed by atoms with Crippen LogP contribution in [0.1, 0.15) is 62.0 Å². The second kappa shape index (κ2) is 22.0. The summed E-state index contributed by atoms with van der Waals surface area (Å²) >= 11 is 0. The Morgan fingerprint density at radius 1 is 0.551 bits per heavy atom. The van der Waals surface area contributed by atoms with Crippen LogP contribution in [-0.2, 0) is 30.7 Å². The molecular formula is C52H46F2N12O3. The summed E-state index contributed by atoms with van der Waals surface area (Å²) < 4.78 is 31.4. The third-order valence-corrected chi connectivity index (χ3v) is 10.6. The Labute approximate surface area is 394 Å². The molecule has 6 heterocycles. The number of amides is 1. The zero-order chi connectivity index (χ0) is 47.6. The van der Waals surface area contributed by atoms with Gasteiger partial charge in [-0.2, -0.15) is 0 Å². The number of nitrogens with zero attached hydrogens (tertiary/aromatic N) is 8. The zero-order valence-electron chi connectivity index (χ0n) is 36.5. The van der Waals surface area contributed by atoms with E-state index in [2.05, 4.69) is 49.9 Å². The molecule has 69 heavy (non-hydrogen) atoms. The van der Waals surface area contributed by atoms with Gasteiger partial charge in [0.25, 0.3) is 5.91 Å². The second-order valence-electron chi connectivity index (χ2n) is 15.3. The number of benzene rings is 4. The van der Waals surface area contributed by atoms with Crippen LogP contribution in [0.4, 0.5) is 20.4 Å². The van der Waals surface area contributed by atoms with E-state index < -0.39 is 5.97 Å². The molecule has 0 unspecified atom stereocenters. The number of methoxy groups -OCH3 is 1. The van der Waals surface area contributed by atoms with Crippen molar-refractivity contribution >= 4 is 67.1 Å². The number of carbonyl (C=O) groups excluding carboxylic acids is 2. The summed E-state index contributed by atoms with van der Waals surface area (Å²) in [7, 11) is 1.33. The van der Waals surface area contributed by atoms with Crippen LogP contribution in [0.25, 0.3) is 43.6 Å². The Bertz CT molecular complexity index is 3470. The molecule has 0 aliphatic carbocycles. The molecule has 0 radical (unpaired) electrons. The van der Waals surface area contributed by atoms with Crippen molar-refractivity contribution in [3.63, 3.8) is 0 Å². The number of hydrogen-bond donors (Lipinski definition) is 4. The van der Waals surface area contributed by atoms with E-state index in [1.807, 2.05) is 48.5 Å². The van der Waals surface area contributed by atoms with Gasteiger partial charge >= 0.3 is 5.97 Å². The number of halogens is 2. The van der Waals surface area contributed by atoms with Gasteiger partial charge in [-0.25, -0.2) is 33.5 Å². The van der Waals surface area contributed by atoms with Gasteiger partial charge < -0.3 is 27.3 Å². The standard InChI is InChI=1S/C25H19FN6O.C16H12FN3O2.C10H11N3.CH4/c26-18-2-4-22-23(11-18)32-20(14-30-22)12-19-10-17(6-7-28-19)25(33)31-13-15-1-3-21-16(9-15)5-8-29-24(21)27;1-22-16(21)10-4-5-18-12(6-10)8-13-9-19-14-3-2-11(17)7-15(14)20-13;11-6-7-1-2-9-8(5-7)3-4-13-10(9)12;/h1-11,14H,12-13H2,(H2,27,29)(H,31,33);2-7,9H,8H2,1H3;1-5H,6,11H2,(H2,12,13);1H4. The van der Waals surface area contributed by atoms with Gasteiger partial charge in [0.1, 0.15) is 23.3 Å². The van der Waals surface area contributed by atoms with E-state index in [-0.39, 0.29) is 25.0 Å². The normalized spacial score (nSPS) is 10.7. The molecule has 7 N–H and O–H groups in total. The first-order valence-corrected chi connectivity index (χ1v) is 21.1. The lowest BCUT2D eigenvalue weighted by atomic mass is 10.1. The second-order valence-corrected chi connectivity index (χ2v) is 15.3. The Kier molecular flexibility index (Phi) is 15.3. The van der Waals surface area contributed by atoms with Crippen LogP contribution in [0.3, 0.4) is 0 Å². The van der Waals surface area contributed by atoms with Crippen LogP contribution in [-0.4, -0.2) is 58.9 Å². The van der Waals surface area contributed by atoms with Gasteiger partial charge in [0, 0.05) is 103 Å². The average molecular weight is 925 g/mol. The van der Waals surface area contributed by atoms with E-state index >= 15 is 0 Å². The lowest BCUT2D eigenvalue weighted by molar-refractivity contribution is 0.0600. The minimum atomic E-state index is -0.421. The van der Waals surface area contributed by atoms with Crippen molar-refractivity contribution < 1.29 is 23.1 Å². The molecule has 0 spiro atoms. The third kappa shape index (κ3) is 12.1. The number of aromatic nitrogens is 8. The number of hydrogen-bond acceptors (Lipinski definition) is 14. The number of esters is 1. The van der Waals surface area contributed by atoms with Crippen LogP contribution in [0.15, 0.2) is 146 Å². The molecule has 0 atom stereocenters. The van der Waals surface area contributed by atoms with E-state index in [0.29, 0.717) is 93.5 Å². The van der Waals surface area contributed by atoms with Gasteiger partial charge in [-0.3, -0.25) is 24.7 Å². The molecule has 6 aromatic heterocycles. The summed E-state index contributed by atoms with van der Waals surface area (Å²) in [6.45, 7) is 0.925. The van der Waals surface area contributed by atoms with Crippen LogP contribution in [0, 0.1) is 11.6 Å². The zero-order valence-corrected chi connectivity index (χ0v) is 36.5. The Hall–Kier alpha value is -8.96. The van der Waals surface area contributed by atoms with Crippen molar-refractivity contribution in [2.75, 3.05) is 18.6 Å². The maximum absolute atomic E-state index is 13.5. The summed E-state index contributed by atoms with van der Waals surface area (Å²) in [5, 5.41) is 6.86. The lowest BCUT2D eigenvalue weighted by Crippen LogP contribution is -2.23. The summed E-state index contributed by atoms with van der Waals surface area (Å²) in [5.41, 5.74) is 24.9. The van der Waals surface area contributed by atoms with Gasteiger partial charge in [0.15, 0.2) is 0 Å². The summed E-state index contributed by atoms with van der Waals surface area (Å²) in [6, 6.07) is 30.7. The van der Waals surface area contributed by atoms with E-state index in [0.717, 1.165) is 32.7 Å². The van der Waals surface area contributed by atoms with Crippen LogP contribution >= 0.6 is 0 Å². The number of ether oxygens (including phenoxy) is 1. The van der Waals surface area contributed by atoms with Gasteiger partial charge in [-0.1, -0.05) is 31.7 Å². The molecular weight excluding hydrogens is 879 g/mol. The number of carbonyl (C=O) groups is 2. The fourth-order valence-corrected chi connectivity index (χ4v) is 7.15. The van der Waals surface area contributed by atoms with Crippen LogP contribution < -0.4 is 22.5 Å². The van der Waals surface area contributed by atoms with Crippen molar-refractivity contribution in [1.29, 1.82) is 0 Å². The average Bonchev–Trinajstić information content (AvgIpc) is 3.35. The minimum absolute atomic E-state index is 0. The summed E-state index contributed by atoms with van der Waals surface area (Å²) in [6.07, 6.45) is 10.5. The van der Waals surface area contributed by atoms with E-state index in [4.69, 9.17) is 17.2 Å². The molecule has 10 aromatic rings. The quantitative estimate of drug-likeness (QED) is 0.0998. The van der Waals surface area contributed by atoms with Crippen molar-refractivity contribution in [3.05, 3.63) is 203 Å². The Morgan fingerprint density at radius 3 is 1.58 bits per heavy atom. The predicted molar refractivity (Wildman–Crippen MR) is 263 cm³/mol. The number of nitrogen functional groups attached to an aromatic ring is 2. The van der Waals surface area contributed by atoms with Crippen LogP contribution in [0.2, 0.25) is 0 Å². The SMILES string of the molecule is C.COC(=O)c1ccnc(Cc2cnc3ccc(F)cc3n2)c1.NCc1ccc2c(N)nccc2c1.Nc1nccc2cc(CNC(=O)c3ccnc(Cc4cnc5ccc(F)cc5n4)c3)ccc12. The number of fused-ring (bicyclic) bond motifs is 4. The maximum atomic E-state index is 13.5. The molecule has 0 bridgehead atoms. The molecule has 0 aliphatic rings. The fraction of sp³-hybridized carbons (Fsp3) is 0.115. The predicted octanol–water partition coefficient (Wildman–Crippen LogP) is 8.27. The minimum Gasteiger partial charge on any atom is -0.465 e. The topological polar surface area (TPSA) is 237 Å². The summed E-state index contributed by atoms with van der Waals surface area (Å²) in [4.78, 5) is 58.2. The van der Waals surface area contributed by atoms with Crippen molar-refractivity contribution in [3.8, 4) is 0 Å². The number of anilines is 2. The van der Waals surface area contributed by atoms with Gasteiger partial charge in [-0.15, -0.1) is 0 Å². The first kappa shape index (κ1) is 48.0. The van der Waals surface area contributed by atoms with Gasteiger partial charge in [-0.05, 0) is 94.7 Å². The molecule has 10 rings (SSSR count). The molecule has 17 heteroatoms. The highest BCUT2D eigenvalue weighted by molar-refractivity contribution is 5.95. The number of nitrogens with one attached hydrogen (secondary N) is 1. The van der Waals surface area contributed by atoms with Crippen molar-refractivity contribution in [2.24, 2.45) is 5.73 Å². The first-order valence-electron chi connectivity index (χ1n) is 21.1. The number of nitrogens with two attached hydrogens (primary N) is 3. The Morgan fingerprint density at radius 2 is 1.04 bits per heavy atom. The Balaban J connectivity index is 0.000000168. The largest absolute Gasteiger partial charge is 0.465 e. The smallest absolute Gasteiger partial charge is 0.337 e. The van der Waals surface area contributed by atoms with E-state index in [1.165, 1.54) is 37.6 Å². The highest BCUT2D eigenvalue weighted by atomic mass is 19.1. The summed E-state index contributed by atoms with van der Waals surface area (Å²) in [5.74, 6) is -0.299. The first-order chi connectivity index (χ1) is 33.0. The molecule has 0 saturated heterocycles. The molecule has 15 nitrogen and oxygen atoms in total. The maximum Gasteiger partial charge on any atom is 0.337 e. The van der Waals surface area contributed by atoms with E-state index in [9.17, 15) is 18.4 Å². The highest BCUT2D eigenvalue weighted by Gasteiger charge is 2.12. The van der Waals surface area contributed by atoms with Gasteiger partial charge in [0.2, 0.25) is 0 Å². The monoisotopic (exact) mass is 924 g/mol. The molecule has 4 aromatic carbocycles. The van der Waals surface area contributed by atoms with E-state index in [1.54, 1.807) is 67.4 Å². The lowest BCUT2D eigenvalue weighted by Gasteiger charge is -2.08. The third-order valence-electron chi connectivity index (χ3n) is 10.6. The van der Waals surface area contributed by atoms with Gasteiger partial charge in [0.05, 0.1) is 46.1 Å². The van der Waals surface area contributed by atoms with Crippen molar-refractivity contribution in [2.45, 2.75) is 33.4 Å². The molecule has 0 aliphatic heterocycles. The van der Waals surface area contributed by atoms with Crippen molar-refractivity contribution in [1.82, 2.24) is 45.2 Å². The molecule has 0 fully saturated rings. The molecule has 1 amide bonds. The fourth-order valence-electron chi connectivity index (χ4n) is 7.15. The number of rotatable bonds is 9. The number of pyridine rings is 4.